The Balaban J connectivity index is 1.91. The fourth-order valence-electron chi connectivity index (χ4n) is 1.95. The molecule has 1 aliphatic carbocycles. The SMILES string of the molecule is CN=C1NC(=O)C(c2cncn2C2CC2)N1. The number of guanidine groups is 1. The first-order chi connectivity index (χ1) is 7.79. The fourth-order valence-corrected chi connectivity index (χ4v) is 1.95. The van der Waals surface area contributed by atoms with E-state index in [0.717, 1.165) is 5.69 Å². The van der Waals surface area contributed by atoms with Gasteiger partial charge in [0, 0.05) is 13.1 Å². The Bertz CT molecular complexity index is 460. The van der Waals surface area contributed by atoms with Gasteiger partial charge in [0.05, 0.1) is 18.2 Å². The second-order valence-corrected chi connectivity index (χ2v) is 4.10. The number of carbonyl (C=O) groups excluding carboxylic acids is 1. The monoisotopic (exact) mass is 219 g/mol. The minimum atomic E-state index is -0.359. The molecule has 1 aliphatic heterocycles. The molecule has 1 saturated heterocycles. The van der Waals surface area contributed by atoms with E-state index in [2.05, 4.69) is 25.2 Å². The molecule has 1 atom stereocenters. The van der Waals surface area contributed by atoms with Crippen LogP contribution < -0.4 is 10.6 Å². The molecule has 3 rings (SSSR count). The van der Waals surface area contributed by atoms with Crippen molar-refractivity contribution in [2.75, 3.05) is 7.05 Å². The number of nitrogens with zero attached hydrogens (tertiary/aromatic N) is 3. The fraction of sp³-hybridized carbons (Fsp3) is 0.500. The van der Waals surface area contributed by atoms with Crippen LogP contribution in [0.2, 0.25) is 0 Å². The summed E-state index contributed by atoms with van der Waals surface area (Å²) in [5, 5.41) is 5.73. The summed E-state index contributed by atoms with van der Waals surface area (Å²) in [5.74, 6) is 0.460. The number of carbonyl (C=O) groups is 1. The van der Waals surface area contributed by atoms with Gasteiger partial charge in [-0.2, -0.15) is 0 Å². The highest BCUT2D eigenvalue weighted by atomic mass is 16.2. The number of aromatic nitrogens is 2. The van der Waals surface area contributed by atoms with Crippen molar-refractivity contribution >= 4 is 11.9 Å². The van der Waals surface area contributed by atoms with Crippen molar-refractivity contribution in [1.29, 1.82) is 0 Å². The van der Waals surface area contributed by atoms with Gasteiger partial charge >= 0.3 is 0 Å². The maximum absolute atomic E-state index is 11.7. The molecule has 0 spiro atoms. The lowest BCUT2D eigenvalue weighted by Crippen LogP contribution is -2.25. The largest absolute Gasteiger partial charge is 0.339 e. The molecular formula is C10H13N5O. The van der Waals surface area contributed by atoms with Crippen molar-refractivity contribution in [3.05, 3.63) is 18.2 Å². The van der Waals surface area contributed by atoms with E-state index < -0.39 is 0 Å². The second-order valence-electron chi connectivity index (χ2n) is 4.10. The molecule has 1 aromatic rings. The summed E-state index contributed by atoms with van der Waals surface area (Å²) in [6.45, 7) is 0. The molecule has 6 nitrogen and oxygen atoms in total. The Hall–Kier alpha value is -1.85. The number of hydrogen-bond donors (Lipinski definition) is 2. The van der Waals surface area contributed by atoms with Crippen LogP contribution in [-0.2, 0) is 4.79 Å². The Kier molecular flexibility index (Phi) is 1.95. The molecule has 1 unspecified atom stereocenters. The smallest absolute Gasteiger partial charge is 0.255 e. The van der Waals surface area contributed by atoms with Gasteiger partial charge in [-0.15, -0.1) is 0 Å². The highest BCUT2D eigenvalue weighted by Gasteiger charge is 2.35. The van der Waals surface area contributed by atoms with Crippen LogP contribution in [0.3, 0.4) is 0 Å². The molecule has 16 heavy (non-hydrogen) atoms. The third kappa shape index (κ3) is 1.37. The standard InChI is InChI=1S/C10H13N5O/c1-11-10-13-8(9(16)14-10)7-4-12-5-15(7)6-2-3-6/h4-6,8H,2-3H2,1H3,(H2,11,13,14,16). The molecule has 6 heteroatoms. The van der Waals surface area contributed by atoms with Gasteiger partial charge in [-0.1, -0.05) is 0 Å². The Labute approximate surface area is 92.8 Å². The van der Waals surface area contributed by atoms with Gasteiger partial charge < -0.3 is 9.88 Å². The number of rotatable bonds is 2. The summed E-state index contributed by atoms with van der Waals surface area (Å²) in [5.41, 5.74) is 0.915. The maximum Gasteiger partial charge on any atom is 0.255 e. The lowest BCUT2D eigenvalue weighted by molar-refractivity contribution is -0.120. The van der Waals surface area contributed by atoms with Crippen molar-refractivity contribution in [2.24, 2.45) is 4.99 Å². The molecule has 1 amide bonds. The van der Waals surface area contributed by atoms with Crippen LogP contribution in [0.4, 0.5) is 0 Å². The van der Waals surface area contributed by atoms with Crippen molar-refractivity contribution in [3.8, 4) is 0 Å². The third-order valence-corrected chi connectivity index (χ3v) is 2.94. The molecule has 2 aliphatic rings. The molecule has 2 heterocycles. The highest BCUT2D eigenvalue weighted by Crippen LogP contribution is 2.37. The van der Waals surface area contributed by atoms with Crippen LogP contribution in [0.5, 0.6) is 0 Å². The number of nitrogens with one attached hydrogen (secondary N) is 2. The Morgan fingerprint density at radius 3 is 3.00 bits per heavy atom. The zero-order valence-electron chi connectivity index (χ0n) is 8.97. The number of aliphatic imine (C=N–C) groups is 1. The summed E-state index contributed by atoms with van der Waals surface area (Å²) in [4.78, 5) is 19.8. The molecule has 2 fully saturated rings. The normalized spacial score (nSPS) is 26.9. The van der Waals surface area contributed by atoms with E-state index in [-0.39, 0.29) is 11.9 Å². The number of amides is 1. The van der Waals surface area contributed by atoms with Crippen LogP contribution >= 0.6 is 0 Å². The van der Waals surface area contributed by atoms with E-state index in [9.17, 15) is 4.79 Å². The molecule has 0 aromatic carbocycles. The van der Waals surface area contributed by atoms with Crippen molar-refractivity contribution in [3.63, 3.8) is 0 Å². The zero-order valence-corrected chi connectivity index (χ0v) is 8.97. The third-order valence-electron chi connectivity index (χ3n) is 2.94. The summed E-state index contributed by atoms with van der Waals surface area (Å²) in [6.07, 6.45) is 5.88. The van der Waals surface area contributed by atoms with Gasteiger partial charge in [0.25, 0.3) is 5.91 Å². The quantitative estimate of drug-likeness (QED) is 0.733. The number of hydrogen-bond acceptors (Lipinski definition) is 3. The first kappa shape index (κ1) is 9.38. The summed E-state index contributed by atoms with van der Waals surface area (Å²) < 4.78 is 2.08. The minimum absolute atomic E-state index is 0.0667. The van der Waals surface area contributed by atoms with Crippen molar-refractivity contribution in [2.45, 2.75) is 24.9 Å². The van der Waals surface area contributed by atoms with E-state index in [4.69, 9.17) is 0 Å². The van der Waals surface area contributed by atoms with Crippen LogP contribution in [0, 0.1) is 0 Å². The summed E-state index contributed by atoms with van der Waals surface area (Å²) in [7, 11) is 1.64. The van der Waals surface area contributed by atoms with Crippen molar-refractivity contribution in [1.82, 2.24) is 20.2 Å². The first-order valence-corrected chi connectivity index (χ1v) is 5.35. The van der Waals surface area contributed by atoms with E-state index in [0.29, 0.717) is 12.0 Å². The van der Waals surface area contributed by atoms with Crippen molar-refractivity contribution < 1.29 is 4.79 Å². The van der Waals surface area contributed by atoms with Crippen LogP contribution in [0.15, 0.2) is 17.5 Å². The van der Waals surface area contributed by atoms with Gasteiger partial charge in [0.15, 0.2) is 12.0 Å². The van der Waals surface area contributed by atoms with E-state index in [1.807, 2.05) is 0 Å². The van der Waals surface area contributed by atoms with Gasteiger partial charge in [0.1, 0.15) is 0 Å². The number of imidazole rings is 1. The Morgan fingerprint density at radius 1 is 1.56 bits per heavy atom. The van der Waals surface area contributed by atoms with E-state index in [1.165, 1.54) is 12.8 Å². The topological polar surface area (TPSA) is 71.3 Å². The second kappa shape index (κ2) is 3.33. The Morgan fingerprint density at radius 2 is 2.38 bits per heavy atom. The van der Waals surface area contributed by atoms with Gasteiger partial charge in [0.2, 0.25) is 0 Å². The van der Waals surface area contributed by atoms with Crippen LogP contribution in [0.25, 0.3) is 0 Å². The molecule has 0 radical (unpaired) electrons. The summed E-state index contributed by atoms with van der Waals surface area (Å²) in [6, 6.07) is 0.163. The lowest BCUT2D eigenvalue weighted by Gasteiger charge is -2.10. The molecule has 0 bridgehead atoms. The first-order valence-electron chi connectivity index (χ1n) is 5.35. The van der Waals surface area contributed by atoms with E-state index >= 15 is 0 Å². The zero-order chi connectivity index (χ0) is 11.1. The molecule has 1 aromatic heterocycles. The molecule has 2 N–H and O–H groups in total. The average Bonchev–Trinajstić information content (AvgIpc) is 2.89. The average molecular weight is 219 g/mol. The van der Waals surface area contributed by atoms with Gasteiger partial charge in [-0.05, 0) is 12.8 Å². The predicted molar refractivity (Wildman–Crippen MR) is 57.9 cm³/mol. The van der Waals surface area contributed by atoms with E-state index in [1.54, 1.807) is 19.6 Å². The molecule has 84 valence electrons. The van der Waals surface area contributed by atoms with Gasteiger partial charge in [-0.3, -0.25) is 15.1 Å². The highest BCUT2D eigenvalue weighted by molar-refractivity contribution is 6.06. The summed E-state index contributed by atoms with van der Waals surface area (Å²) >= 11 is 0. The lowest BCUT2D eigenvalue weighted by atomic mass is 10.2. The van der Waals surface area contributed by atoms with Crippen LogP contribution in [-0.4, -0.2) is 28.5 Å². The maximum atomic E-state index is 11.7. The minimum Gasteiger partial charge on any atom is -0.339 e. The predicted octanol–water partition coefficient (Wildman–Crippen LogP) is -0.0357. The molecular weight excluding hydrogens is 206 g/mol. The van der Waals surface area contributed by atoms with Crippen LogP contribution in [0.1, 0.15) is 30.6 Å². The molecule has 1 saturated carbocycles. The van der Waals surface area contributed by atoms with Gasteiger partial charge in [-0.25, -0.2) is 4.98 Å².